The summed E-state index contributed by atoms with van der Waals surface area (Å²) in [7, 11) is 0. The van der Waals surface area contributed by atoms with Crippen LogP contribution in [0.5, 0.6) is 0 Å². The van der Waals surface area contributed by atoms with Crippen LogP contribution in [0.2, 0.25) is 0 Å². The van der Waals surface area contributed by atoms with Crippen molar-refractivity contribution < 1.29 is 19.1 Å². The van der Waals surface area contributed by atoms with Crippen molar-refractivity contribution in [3.05, 3.63) is 65.2 Å². The van der Waals surface area contributed by atoms with Gasteiger partial charge in [-0.2, -0.15) is 0 Å². The molecule has 1 N–H and O–H groups in total. The van der Waals surface area contributed by atoms with Crippen molar-refractivity contribution in [3.63, 3.8) is 0 Å². The summed E-state index contributed by atoms with van der Waals surface area (Å²) in [5.41, 5.74) is 4.54. The van der Waals surface area contributed by atoms with Crippen molar-refractivity contribution in [2.24, 2.45) is 5.41 Å². The summed E-state index contributed by atoms with van der Waals surface area (Å²) in [6, 6.07) is 16.5. The molecule has 2 aromatic carbocycles. The number of para-hydroxylation sites is 1. The first-order valence-corrected chi connectivity index (χ1v) is 17.3. The Bertz CT molecular complexity index is 1390. The van der Waals surface area contributed by atoms with Crippen LogP contribution >= 0.6 is 0 Å². The molecule has 2 aromatic rings. The topological polar surface area (TPSA) is 85.4 Å². The number of urea groups is 1. The maximum Gasteiger partial charge on any atom is 0.410 e. The minimum atomic E-state index is -0.866. The molecule has 4 aliphatic rings. The number of benzene rings is 2. The van der Waals surface area contributed by atoms with E-state index in [1.807, 2.05) is 53.1 Å². The van der Waals surface area contributed by atoms with Gasteiger partial charge in [-0.1, -0.05) is 61.9 Å². The molecule has 248 valence electrons. The van der Waals surface area contributed by atoms with E-state index in [1.54, 1.807) is 4.90 Å². The normalized spacial score (nSPS) is 22.1. The second-order valence-corrected chi connectivity index (χ2v) is 14.6. The highest BCUT2D eigenvalue weighted by Gasteiger charge is 2.37. The van der Waals surface area contributed by atoms with Gasteiger partial charge in [-0.15, -0.1) is 0 Å². The number of piperidine rings is 3. The Kier molecular flexibility index (Phi) is 9.87. The molecule has 4 heterocycles. The van der Waals surface area contributed by atoms with Crippen LogP contribution in [-0.2, 0) is 22.4 Å². The monoisotopic (exact) mass is 629 g/mol. The third-order valence-electron chi connectivity index (χ3n) is 10.8. The minimum absolute atomic E-state index is 0.0513. The molecule has 0 radical (unpaired) electrons. The SMILES string of the molecule is Cc1cccc(C[C@@H](OC(=O)N2CCC(N3CCc4ccccc4NC3=O)CC2)C(=O)N2CCC(N3CCC(C)(C)CC3)CC2)c1. The van der Waals surface area contributed by atoms with E-state index in [2.05, 4.69) is 36.2 Å². The van der Waals surface area contributed by atoms with E-state index in [9.17, 15) is 14.4 Å². The first kappa shape index (κ1) is 32.4. The van der Waals surface area contributed by atoms with Crippen LogP contribution in [0, 0.1) is 12.3 Å². The zero-order valence-corrected chi connectivity index (χ0v) is 27.9. The number of anilines is 1. The lowest BCUT2D eigenvalue weighted by Gasteiger charge is -2.44. The molecule has 0 bridgehead atoms. The zero-order valence-electron chi connectivity index (χ0n) is 27.9. The summed E-state index contributed by atoms with van der Waals surface area (Å²) in [5.74, 6) is -0.0937. The van der Waals surface area contributed by atoms with Crippen molar-refractivity contribution in [3.8, 4) is 0 Å². The highest BCUT2D eigenvalue weighted by Crippen LogP contribution is 2.32. The Labute approximate surface area is 274 Å². The summed E-state index contributed by atoms with van der Waals surface area (Å²) in [6.45, 7) is 12.0. The molecule has 3 fully saturated rings. The first-order chi connectivity index (χ1) is 22.1. The molecule has 0 aliphatic carbocycles. The smallest absolute Gasteiger partial charge is 0.410 e. The Morgan fingerprint density at radius 2 is 1.54 bits per heavy atom. The van der Waals surface area contributed by atoms with Crippen molar-refractivity contribution in [1.29, 1.82) is 0 Å². The highest BCUT2D eigenvalue weighted by molar-refractivity contribution is 5.91. The average molecular weight is 630 g/mol. The number of carbonyl (C=O) groups excluding carboxylic acids is 3. The maximum atomic E-state index is 14.0. The van der Waals surface area contributed by atoms with Crippen LogP contribution in [0.4, 0.5) is 15.3 Å². The van der Waals surface area contributed by atoms with Crippen LogP contribution in [0.3, 0.4) is 0 Å². The van der Waals surface area contributed by atoms with Gasteiger partial charge in [0.2, 0.25) is 0 Å². The number of rotatable bonds is 6. The van der Waals surface area contributed by atoms with E-state index in [0.717, 1.165) is 54.7 Å². The Hall–Kier alpha value is -3.59. The number of fused-ring (bicyclic) bond motifs is 1. The second kappa shape index (κ2) is 14.0. The molecule has 46 heavy (non-hydrogen) atoms. The Balaban J connectivity index is 1.05. The van der Waals surface area contributed by atoms with Crippen molar-refractivity contribution in [2.75, 3.05) is 51.1 Å². The van der Waals surface area contributed by atoms with Gasteiger partial charge in [0.15, 0.2) is 6.10 Å². The molecule has 4 aliphatic heterocycles. The summed E-state index contributed by atoms with van der Waals surface area (Å²) < 4.78 is 6.07. The van der Waals surface area contributed by atoms with Gasteiger partial charge in [-0.25, -0.2) is 9.59 Å². The van der Waals surface area contributed by atoms with Crippen LogP contribution in [0.1, 0.15) is 69.1 Å². The molecular formula is C37H51N5O4. The molecule has 4 amide bonds. The number of carbonyl (C=O) groups is 3. The predicted molar refractivity (Wildman–Crippen MR) is 180 cm³/mol. The van der Waals surface area contributed by atoms with Gasteiger partial charge in [0, 0.05) is 56.9 Å². The number of hydrogen-bond donors (Lipinski definition) is 1. The zero-order chi connectivity index (χ0) is 32.3. The Morgan fingerprint density at radius 1 is 0.870 bits per heavy atom. The van der Waals surface area contributed by atoms with E-state index in [4.69, 9.17) is 4.74 Å². The van der Waals surface area contributed by atoms with Crippen molar-refractivity contribution in [2.45, 2.75) is 90.3 Å². The Morgan fingerprint density at radius 3 is 2.26 bits per heavy atom. The molecule has 9 heteroatoms. The fourth-order valence-corrected chi connectivity index (χ4v) is 7.68. The lowest BCUT2D eigenvalue weighted by molar-refractivity contribution is -0.142. The molecule has 0 unspecified atom stereocenters. The second-order valence-electron chi connectivity index (χ2n) is 14.6. The van der Waals surface area contributed by atoms with Gasteiger partial charge in [0.25, 0.3) is 5.91 Å². The number of likely N-dealkylation sites (tertiary alicyclic amines) is 3. The summed E-state index contributed by atoms with van der Waals surface area (Å²) in [6.07, 6.45) is 5.56. The predicted octanol–water partition coefficient (Wildman–Crippen LogP) is 5.71. The van der Waals surface area contributed by atoms with Crippen LogP contribution in [0.15, 0.2) is 48.5 Å². The van der Waals surface area contributed by atoms with Gasteiger partial charge < -0.3 is 29.7 Å². The van der Waals surface area contributed by atoms with Gasteiger partial charge in [0.05, 0.1) is 0 Å². The number of nitrogens with one attached hydrogen (secondary N) is 1. The van der Waals surface area contributed by atoms with Crippen LogP contribution in [-0.4, -0.2) is 102 Å². The van der Waals surface area contributed by atoms with Gasteiger partial charge in [-0.3, -0.25) is 4.79 Å². The number of ether oxygens (including phenoxy) is 1. The molecular weight excluding hydrogens is 578 g/mol. The van der Waals surface area contributed by atoms with Gasteiger partial charge in [0.1, 0.15) is 0 Å². The fraction of sp³-hybridized carbons (Fsp3) is 0.595. The number of aryl methyl sites for hydroxylation is 1. The average Bonchev–Trinajstić information content (AvgIpc) is 3.22. The van der Waals surface area contributed by atoms with E-state index in [1.165, 1.54) is 12.8 Å². The van der Waals surface area contributed by atoms with E-state index in [0.29, 0.717) is 63.4 Å². The maximum absolute atomic E-state index is 14.0. The van der Waals surface area contributed by atoms with E-state index < -0.39 is 12.2 Å². The third kappa shape index (κ3) is 7.68. The molecule has 0 spiro atoms. The summed E-state index contributed by atoms with van der Waals surface area (Å²) in [4.78, 5) is 48.7. The quantitative estimate of drug-likeness (QED) is 0.443. The van der Waals surface area contributed by atoms with Gasteiger partial charge >= 0.3 is 12.1 Å². The van der Waals surface area contributed by atoms with E-state index in [-0.39, 0.29) is 18.0 Å². The standard InChI is InChI=1S/C37H51N5O4/c1-27-7-6-8-28(25-27)26-33(34(43)40-18-12-30(13-19-40)39-23-16-37(2,3)17-24-39)46-36(45)41-20-14-31(15-21-41)42-22-11-29-9-4-5-10-32(29)38-35(42)44/h4-10,25,30-31,33H,11-24,26H2,1-3H3,(H,38,44)/t33-/m1/s1. The van der Waals surface area contributed by atoms with Crippen molar-refractivity contribution in [1.82, 2.24) is 19.6 Å². The van der Waals surface area contributed by atoms with Crippen LogP contribution in [0.25, 0.3) is 0 Å². The number of amides is 4. The summed E-state index contributed by atoms with van der Waals surface area (Å²) >= 11 is 0. The van der Waals surface area contributed by atoms with Gasteiger partial charge in [-0.05, 0) is 87.6 Å². The number of hydrogen-bond acceptors (Lipinski definition) is 5. The summed E-state index contributed by atoms with van der Waals surface area (Å²) in [5, 5.41) is 3.06. The van der Waals surface area contributed by atoms with E-state index >= 15 is 0 Å². The fourth-order valence-electron chi connectivity index (χ4n) is 7.68. The molecule has 6 rings (SSSR count). The molecule has 3 saturated heterocycles. The van der Waals surface area contributed by atoms with Crippen molar-refractivity contribution >= 4 is 23.7 Å². The molecule has 0 aromatic heterocycles. The minimum Gasteiger partial charge on any atom is -0.436 e. The molecule has 1 atom stereocenters. The highest BCUT2D eigenvalue weighted by atomic mass is 16.6. The lowest BCUT2D eigenvalue weighted by Crippen LogP contribution is -2.53. The lowest BCUT2D eigenvalue weighted by atomic mass is 9.82. The van der Waals surface area contributed by atoms with Crippen LogP contribution < -0.4 is 5.32 Å². The largest absolute Gasteiger partial charge is 0.436 e. The molecule has 0 saturated carbocycles. The number of nitrogens with zero attached hydrogens (tertiary/aromatic N) is 4. The third-order valence-corrected chi connectivity index (χ3v) is 10.8. The first-order valence-electron chi connectivity index (χ1n) is 17.3. The molecule has 9 nitrogen and oxygen atoms in total.